The molecule has 0 spiro atoms. The molecule has 1 aromatic rings. The number of hydrogen-bond acceptors (Lipinski definition) is 4. The number of morpholine rings is 1. The number of ether oxygens (including phenoxy) is 1. The van der Waals surface area contributed by atoms with E-state index in [-0.39, 0.29) is 11.9 Å². The van der Waals surface area contributed by atoms with Crippen molar-refractivity contribution in [1.29, 1.82) is 0 Å². The molecule has 1 aromatic carbocycles. The Kier molecular flexibility index (Phi) is 6.33. The van der Waals surface area contributed by atoms with E-state index >= 15 is 0 Å². The maximum absolute atomic E-state index is 12.6. The van der Waals surface area contributed by atoms with Crippen molar-refractivity contribution in [3.05, 3.63) is 34.9 Å². The molecule has 3 fully saturated rings. The molecule has 2 bridgehead atoms. The minimum atomic E-state index is 0.166. The summed E-state index contributed by atoms with van der Waals surface area (Å²) in [5.41, 5.74) is 1.20. The van der Waals surface area contributed by atoms with Crippen LogP contribution >= 0.6 is 11.6 Å². The fourth-order valence-electron chi connectivity index (χ4n) is 4.92. The molecule has 0 aliphatic carbocycles. The normalized spacial score (nSPS) is 29.4. The summed E-state index contributed by atoms with van der Waals surface area (Å²) in [6.07, 6.45) is 5.50. The molecular weight excluding hydrogens is 362 g/mol. The number of carbonyl (C=O) groups excluding carboxylic acids is 1. The second-order valence-electron chi connectivity index (χ2n) is 8.20. The zero-order chi connectivity index (χ0) is 18.6. The summed E-state index contributed by atoms with van der Waals surface area (Å²) in [4.78, 5) is 15.0. The summed E-state index contributed by atoms with van der Waals surface area (Å²) < 4.78 is 5.50. The van der Waals surface area contributed by atoms with Gasteiger partial charge < -0.3 is 15.4 Å². The highest BCUT2D eigenvalue weighted by Gasteiger charge is 2.34. The van der Waals surface area contributed by atoms with Crippen molar-refractivity contribution >= 4 is 17.5 Å². The number of benzene rings is 1. The molecule has 6 heteroatoms. The Labute approximate surface area is 166 Å². The average Bonchev–Trinajstić information content (AvgIpc) is 3.02. The third kappa shape index (κ3) is 5.02. The van der Waals surface area contributed by atoms with Crippen molar-refractivity contribution in [2.45, 2.75) is 50.2 Å². The van der Waals surface area contributed by atoms with Gasteiger partial charge in [-0.1, -0.05) is 23.7 Å². The molecule has 0 aromatic heterocycles. The third-order valence-corrected chi connectivity index (χ3v) is 6.53. The molecule has 27 heavy (non-hydrogen) atoms. The van der Waals surface area contributed by atoms with Crippen molar-refractivity contribution in [2.75, 3.05) is 32.8 Å². The molecule has 5 nitrogen and oxygen atoms in total. The van der Waals surface area contributed by atoms with Crippen molar-refractivity contribution in [1.82, 2.24) is 15.5 Å². The second-order valence-corrected chi connectivity index (χ2v) is 8.64. The van der Waals surface area contributed by atoms with Gasteiger partial charge in [0, 0.05) is 43.2 Å². The van der Waals surface area contributed by atoms with Crippen LogP contribution in [0, 0.1) is 5.92 Å². The second kappa shape index (κ2) is 8.91. The molecule has 3 atom stereocenters. The van der Waals surface area contributed by atoms with Crippen LogP contribution in [-0.4, -0.2) is 55.7 Å². The fraction of sp³-hybridized carbons (Fsp3) is 0.667. The molecule has 3 saturated heterocycles. The molecule has 4 rings (SSSR count). The van der Waals surface area contributed by atoms with Gasteiger partial charge in [0.05, 0.1) is 19.3 Å². The topological polar surface area (TPSA) is 53.6 Å². The Morgan fingerprint density at radius 3 is 2.52 bits per heavy atom. The number of nitrogens with one attached hydrogen (secondary N) is 2. The number of nitrogens with zero attached hydrogens (tertiary/aromatic N) is 1. The predicted molar refractivity (Wildman–Crippen MR) is 107 cm³/mol. The van der Waals surface area contributed by atoms with E-state index in [0.717, 1.165) is 44.2 Å². The quantitative estimate of drug-likeness (QED) is 0.782. The van der Waals surface area contributed by atoms with Gasteiger partial charge in [0.1, 0.15) is 0 Å². The number of carbonyl (C=O) groups is 1. The lowest BCUT2D eigenvalue weighted by molar-refractivity contribution is -0.122. The van der Waals surface area contributed by atoms with Crippen LogP contribution in [0.25, 0.3) is 0 Å². The van der Waals surface area contributed by atoms with Gasteiger partial charge in [0.2, 0.25) is 5.91 Å². The largest absolute Gasteiger partial charge is 0.379 e. The van der Waals surface area contributed by atoms with E-state index in [1.807, 2.05) is 12.1 Å². The van der Waals surface area contributed by atoms with Gasteiger partial charge in [-0.25, -0.2) is 0 Å². The minimum Gasteiger partial charge on any atom is -0.379 e. The highest BCUT2D eigenvalue weighted by molar-refractivity contribution is 6.30. The van der Waals surface area contributed by atoms with Crippen LogP contribution in [0.2, 0.25) is 5.02 Å². The highest BCUT2D eigenvalue weighted by atomic mass is 35.5. The molecule has 148 valence electrons. The van der Waals surface area contributed by atoms with Crippen LogP contribution in [0.15, 0.2) is 24.3 Å². The Balaban J connectivity index is 1.34. The summed E-state index contributed by atoms with van der Waals surface area (Å²) in [5, 5.41) is 7.61. The lowest BCUT2D eigenvalue weighted by Crippen LogP contribution is -2.44. The number of fused-ring (bicyclic) bond motifs is 2. The molecule has 1 amide bonds. The fourth-order valence-corrected chi connectivity index (χ4v) is 5.04. The SMILES string of the molecule is O=C(CC1CC2CCC(C1)N2)NCC(c1ccc(Cl)cc1)N1CCOCC1. The lowest BCUT2D eigenvalue weighted by Gasteiger charge is -2.35. The number of hydrogen-bond donors (Lipinski definition) is 2. The first-order valence-electron chi connectivity index (χ1n) is 10.3. The Morgan fingerprint density at radius 2 is 1.85 bits per heavy atom. The van der Waals surface area contributed by atoms with Crippen LogP contribution in [0.4, 0.5) is 0 Å². The monoisotopic (exact) mass is 391 g/mol. The first-order chi connectivity index (χ1) is 13.2. The van der Waals surface area contributed by atoms with Crippen molar-refractivity contribution in [2.24, 2.45) is 5.92 Å². The molecule has 0 radical (unpaired) electrons. The summed E-state index contributed by atoms with van der Waals surface area (Å²) in [6, 6.07) is 9.43. The first kappa shape index (κ1) is 19.2. The average molecular weight is 392 g/mol. The van der Waals surface area contributed by atoms with E-state index in [1.165, 1.54) is 18.4 Å². The predicted octanol–water partition coefficient (Wildman–Crippen LogP) is 2.75. The van der Waals surface area contributed by atoms with E-state index in [1.54, 1.807) is 0 Å². The van der Waals surface area contributed by atoms with Gasteiger partial charge in [0.25, 0.3) is 0 Å². The summed E-state index contributed by atoms with van der Waals surface area (Å²) in [5.74, 6) is 0.717. The Bertz CT molecular complexity index is 621. The number of halogens is 1. The van der Waals surface area contributed by atoms with Gasteiger partial charge >= 0.3 is 0 Å². The van der Waals surface area contributed by atoms with Crippen molar-refractivity contribution < 1.29 is 9.53 Å². The van der Waals surface area contributed by atoms with E-state index in [4.69, 9.17) is 16.3 Å². The van der Waals surface area contributed by atoms with Crippen LogP contribution in [0.3, 0.4) is 0 Å². The molecular formula is C21H30ClN3O2. The maximum atomic E-state index is 12.6. The van der Waals surface area contributed by atoms with Crippen molar-refractivity contribution in [3.63, 3.8) is 0 Å². The molecule has 3 aliphatic rings. The molecule has 0 saturated carbocycles. The number of piperidine rings is 1. The summed E-state index contributed by atoms with van der Waals surface area (Å²) in [7, 11) is 0. The van der Waals surface area contributed by atoms with Crippen LogP contribution in [-0.2, 0) is 9.53 Å². The molecule has 3 aliphatic heterocycles. The van der Waals surface area contributed by atoms with Gasteiger partial charge in [-0.15, -0.1) is 0 Å². The maximum Gasteiger partial charge on any atom is 0.220 e. The Hall–Kier alpha value is -1.14. The minimum absolute atomic E-state index is 0.166. The van der Waals surface area contributed by atoms with E-state index in [0.29, 0.717) is 31.0 Å². The molecule has 3 heterocycles. The first-order valence-corrected chi connectivity index (χ1v) is 10.6. The van der Waals surface area contributed by atoms with Gasteiger partial charge in [-0.2, -0.15) is 0 Å². The van der Waals surface area contributed by atoms with E-state index < -0.39 is 0 Å². The van der Waals surface area contributed by atoms with Crippen LogP contribution in [0.1, 0.15) is 43.7 Å². The molecule has 2 N–H and O–H groups in total. The van der Waals surface area contributed by atoms with Crippen LogP contribution < -0.4 is 10.6 Å². The standard InChI is InChI=1S/C21H30ClN3O2/c22-17-3-1-16(2-4-17)20(25-7-9-27-10-8-25)14-23-21(26)13-15-11-18-5-6-19(12-15)24-18/h1-4,15,18-20,24H,5-14H2,(H,23,26). The Morgan fingerprint density at radius 1 is 1.19 bits per heavy atom. The van der Waals surface area contributed by atoms with Crippen LogP contribution in [0.5, 0.6) is 0 Å². The van der Waals surface area contributed by atoms with E-state index in [2.05, 4.69) is 27.7 Å². The number of rotatable bonds is 6. The van der Waals surface area contributed by atoms with E-state index in [9.17, 15) is 4.79 Å². The smallest absolute Gasteiger partial charge is 0.220 e. The third-order valence-electron chi connectivity index (χ3n) is 6.28. The zero-order valence-electron chi connectivity index (χ0n) is 15.8. The van der Waals surface area contributed by atoms with Gasteiger partial charge in [-0.05, 0) is 49.3 Å². The molecule has 3 unspecified atom stereocenters. The van der Waals surface area contributed by atoms with Gasteiger partial charge in [-0.3, -0.25) is 9.69 Å². The highest BCUT2D eigenvalue weighted by Crippen LogP contribution is 2.32. The lowest BCUT2D eigenvalue weighted by atomic mass is 9.89. The summed E-state index contributed by atoms with van der Waals surface area (Å²) >= 11 is 6.06. The number of amides is 1. The zero-order valence-corrected chi connectivity index (χ0v) is 16.6. The van der Waals surface area contributed by atoms with Crippen molar-refractivity contribution in [3.8, 4) is 0 Å². The summed E-state index contributed by atoms with van der Waals surface area (Å²) in [6.45, 7) is 3.91. The van der Waals surface area contributed by atoms with Gasteiger partial charge in [0.15, 0.2) is 0 Å².